The third-order valence-corrected chi connectivity index (χ3v) is 5.30. The van der Waals surface area contributed by atoms with Gasteiger partial charge in [0.1, 0.15) is 0 Å². The maximum Gasteiger partial charge on any atom is 0.0868 e. The van der Waals surface area contributed by atoms with Crippen LogP contribution < -0.4 is 0 Å². The Morgan fingerprint density at radius 1 is 1.29 bits per heavy atom. The summed E-state index contributed by atoms with van der Waals surface area (Å²) in [6.45, 7) is 11.5. The summed E-state index contributed by atoms with van der Waals surface area (Å²) in [5.74, 6) is 0.594. The van der Waals surface area contributed by atoms with Gasteiger partial charge >= 0.3 is 0 Å². The SMILES string of the molecule is CC1C=CC2=C(C1)N(C)C1=CC(C)(C(C)(C)C)C=CC1=N2. The van der Waals surface area contributed by atoms with Crippen LogP contribution in [0.3, 0.4) is 0 Å². The van der Waals surface area contributed by atoms with Gasteiger partial charge in [-0.05, 0) is 36.0 Å². The zero-order chi connectivity index (χ0) is 15.4. The van der Waals surface area contributed by atoms with E-state index in [1.807, 2.05) is 0 Å². The number of aliphatic imine (C=N–C) groups is 1. The van der Waals surface area contributed by atoms with Crippen molar-refractivity contribution in [1.29, 1.82) is 0 Å². The molecular weight excluding hydrogens is 256 g/mol. The zero-order valence-electron chi connectivity index (χ0n) is 14.1. The second-order valence-electron chi connectivity index (χ2n) is 7.82. The molecule has 0 amide bonds. The molecule has 21 heavy (non-hydrogen) atoms. The third kappa shape index (κ3) is 2.21. The molecule has 2 unspecified atom stereocenters. The fourth-order valence-electron chi connectivity index (χ4n) is 3.09. The average Bonchev–Trinajstić information content (AvgIpc) is 2.40. The molecule has 2 heteroatoms. The van der Waals surface area contributed by atoms with Crippen LogP contribution in [0.15, 0.2) is 52.5 Å². The predicted molar refractivity (Wildman–Crippen MR) is 89.9 cm³/mol. The Balaban J connectivity index is 2.06. The molecule has 2 aliphatic carbocycles. The van der Waals surface area contributed by atoms with Crippen molar-refractivity contribution in [2.75, 3.05) is 7.05 Å². The highest BCUT2D eigenvalue weighted by Gasteiger charge is 2.38. The summed E-state index contributed by atoms with van der Waals surface area (Å²) in [6.07, 6.45) is 12.4. The summed E-state index contributed by atoms with van der Waals surface area (Å²) in [5.41, 5.74) is 5.09. The fourth-order valence-corrected chi connectivity index (χ4v) is 3.09. The lowest BCUT2D eigenvalue weighted by Gasteiger charge is -2.43. The van der Waals surface area contributed by atoms with Crippen LogP contribution in [-0.4, -0.2) is 17.7 Å². The van der Waals surface area contributed by atoms with Gasteiger partial charge in [-0.1, -0.05) is 46.8 Å². The molecule has 0 fully saturated rings. The van der Waals surface area contributed by atoms with E-state index in [0.29, 0.717) is 5.92 Å². The van der Waals surface area contributed by atoms with Gasteiger partial charge in [-0.15, -0.1) is 0 Å². The van der Waals surface area contributed by atoms with Gasteiger partial charge in [-0.25, -0.2) is 4.99 Å². The molecule has 0 aromatic rings. The average molecular weight is 282 g/mol. The lowest BCUT2D eigenvalue weighted by Crippen LogP contribution is -2.37. The molecule has 3 aliphatic rings. The summed E-state index contributed by atoms with van der Waals surface area (Å²) >= 11 is 0. The van der Waals surface area contributed by atoms with Crippen LogP contribution in [0.5, 0.6) is 0 Å². The summed E-state index contributed by atoms with van der Waals surface area (Å²) in [6, 6.07) is 0. The van der Waals surface area contributed by atoms with E-state index in [0.717, 1.165) is 17.8 Å². The van der Waals surface area contributed by atoms with Crippen LogP contribution in [-0.2, 0) is 0 Å². The van der Waals surface area contributed by atoms with Crippen LogP contribution in [0, 0.1) is 16.7 Å². The first-order valence-corrected chi connectivity index (χ1v) is 7.87. The number of fused-ring (bicyclic) bond motifs is 1. The highest BCUT2D eigenvalue weighted by molar-refractivity contribution is 6.10. The molecule has 0 radical (unpaired) electrons. The van der Waals surface area contributed by atoms with Crippen molar-refractivity contribution in [2.24, 2.45) is 21.7 Å². The first-order valence-electron chi connectivity index (χ1n) is 7.87. The first-order chi connectivity index (χ1) is 9.71. The van der Waals surface area contributed by atoms with E-state index in [1.165, 1.54) is 11.4 Å². The fraction of sp³-hybridized carbons (Fsp3) is 0.526. The number of nitrogens with zero attached hydrogens (tertiary/aromatic N) is 2. The van der Waals surface area contributed by atoms with Crippen molar-refractivity contribution < 1.29 is 0 Å². The monoisotopic (exact) mass is 282 g/mol. The smallest absolute Gasteiger partial charge is 0.0868 e. The van der Waals surface area contributed by atoms with Crippen LogP contribution in [0.25, 0.3) is 0 Å². The second kappa shape index (κ2) is 4.46. The molecule has 0 spiro atoms. The maximum atomic E-state index is 4.87. The van der Waals surface area contributed by atoms with Gasteiger partial charge in [0.25, 0.3) is 0 Å². The standard InChI is InChI=1S/C19H26N2/c1-13-7-8-14-16(11-13)21(6)17-12-19(5,18(2,3)4)10-9-15(17)20-14/h7-10,12-13H,11H2,1-6H3. The molecule has 2 nitrogen and oxygen atoms in total. The predicted octanol–water partition coefficient (Wildman–Crippen LogP) is 4.69. The Labute approximate surface area is 128 Å². The highest BCUT2D eigenvalue weighted by Crippen LogP contribution is 2.45. The molecule has 2 atom stereocenters. The van der Waals surface area contributed by atoms with Crippen molar-refractivity contribution in [1.82, 2.24) is 4.90 Å². The van der Waals surface area contributed by atoms with E-state index >= 15 is 0 Å². The van der Waals surface area contributed by atoms with Gasteiger partial charge in [0.15, 0.2) is 0 Å². The van der Waals surface area contributed by atoms with Gasteiger partial charge in [0.2, 0.25) is 0 Å². The Bertz CT molecular complexity index is 622. The highest BCUT2D eigenvalue weighted by atomic mass is 15.2. The molecule has 0 aromatic heterocycles. The van der Waals surface area contributed by atoms with E-state index in [1.54, 1.807) is 0 Å². The minimum absolute atomic E-state index is 0.0593. The maximum absolute atomic E-state index is 4.87. The Morgan fingerprint density at radius 3 is 2.67 bits per heavy atom. The van der Waals surface area contributed by atoms with Gasteiger partial charge in [-0.3, -0.25) is 0 Å². The number of allylic oxidation sites excluding steroid dienone is 6. The molecule has 0 aromatic carbocycles. The molecule has 0 saturated carbocycles. The van der Waals surface area contributed by atoms with Crippen LogP contribution in [0.2, 0.25) is 0 Å². The summed E-state index contributed by atoms with van der Waals surface area (Å²) in [7, 11) is 2.18. The number of rotatable bonds is 0. The van der Waals surface area contributed by atoms with E-state index in [4.69, 9.17) is 4.99 Å². The zero-order valence-corrected chi connectivity index (χ0v) is 14.1. The molecule has 112 valence electrons. The lowest BCUT2D eigenvalue weighted by molar-refractivity contribution is 0.223. The lowest BCUT2D eigenvalue weighted by atomic mass is 9.65. The molecular formula is C19H26N2. The van der Waals surface area contributed by atoms with Crippen LogP contribution in [0.4, 0.5) is 0 Å². The topological polar surface area (TPSA) is 15.6 Å². The number of hydrogen-bond acceptors (Lipinski definition) is 2. The Morgan fingerprint density at radius 2 is 2.00 bits per heavy atom. The summed E-state index contributed by atoms with van der Waals surface area (Å²) in [4.78, 5) is 7.22. The normalized spacial score (nSPS) is 31.7. The summed E-state index contributed by atoms with van der Waals surface area (Å²) < 4.78 is 0. The van der Waals surface area contributed by atoms with Gasteiger partial charge < -0.3 is 4.90 Å². The minimum atomic E-state index is 0.0593. The Hall–Kier alpha value is -1.57. The van der Waals surface area contributed by atoms with E-state index in [9.17, 15) is 0 Å². The number of hydrogen-bond donors (Lipinski definition) is 0. The Kier molecular flexibility index (Phi) is 3.05. The van der Waals surface area contributed by atoms with Gasteiger partial charge in [-0.2, -0.15) is 0 Å². The molecule has 1 aliphatic heterocycles. The summed E-state index contributed by atoms with van der Waals surface area (Å²) in [5, 5.41) is 0. The van der Waals surface area contributed by atoms with E-state index < -0.39 is 0 Å². The second-order valence-corrected chi connectivity index (χ2v) is 7.82. The van der Waals surface area contributed by atoms with Crippen molar-refractivity contribution in [3.63, 3.8) is 0 Å². The van der Waals surface area contributed by atoms with Crippen molar-refractivity contribution in [3.05, 3.63) is 47.5 Å². The van der Waals surface area contributed by atoms with E-state index in [2.05, 4.69) is 76.9 Å². The molecule has 1 heterocycles. The van der Waals surface area contributed by atoms with E-state index in [-0.39, 0.29) is 10.8 Å². The molecule has 3 rings (SSSR count). The molecule has 0 saturated heterocycles. The molecule has 0 N–H and O–H groups in total. The van der Waals surface area contributed by atoms with Gasteiger partial charge in [0, 0.05) is 18.2 Å². The van der Waals surface area contributed by atoms with Crippen LogP contribution >= 0.6 is 0 Å². The van der Waals surface area contributed by atoms with Crippen molar-refractivity contribution in [2.45, 2.75) is 41.0 Å². The molecule has 0 bridgehead atoms. The van der Waals surface area contributed by atoms with Crippen molar-refractivity contribution >= 4 is 5.71 Å². The third-order valence-electron chi connectivity index (χ3n) is 5.30. The van der Waals surface area contributed by atoms with Gasteiger partial charge in [0.05, 0.1) is 17.1 Å². The van der Waals surface area contributed by atoms with Crippen molar-refractivity contribution in [3.8, 4) is 0 Å². The quantitative estimate of drug-likeness (QED) is 0.629. The minimum Gasteiger partial charge on any atom is -0.345 e. The first kappa shape index (κ1) is 14.4. The largest absolute Gasteiger partial charge is 0.345 e. The van der Waals surface area contributed by atoms with Crippen LogP contribution in [0.1, 0.15) is 41.0 Å².